The molecular formula is C20H39NO3. The van der Waals surface area contributed by atoms with Crippen molar-refractivity contribution in [2.75, 3.05) is 0 Å². The molecule has 0 spiro atoms. The van der Waals surface area contributed by atoms with E-state index in [9.17, 15) is 9.59 Å². The molecule has 0 aromatic heterocycles. The first-order chi connectivity index (χ1) is 11.5. The van der Waals surface area contributed by atoms with Gasteiger partial charge in [-0.05, 0) is 27.2 Å². The van der Waals surface area contributed by atoms with Gasteiger partial charge in [0, 0.05) is 6.42 Å². The number of unbranched alkanes of at least 4 members (excludes halogenated alkanes) is 10. The Balaban J connectivity index is 3.44. The number of esters is 1. The summed E-state index contributed by atoms with van der Waals surface area (Å²) in [6.45, 7) is 7.52. The first-order valence-corrected chi connectivity index (χ1v) is 9.97. The highest BCUT2D eigenvalue weighted by Gasteiger charge is 2.17. The predicted octanol–water partition coefficient (Wildman–Crippen LogP) is 5.14. The van der Waals surface area contributed by atoms with E-state index in [2.05, 4.69) is 12.2 Å². The van der Waals surface area contributed by atoms with Gasteiger partial charge in [0.05, 0.1) is 6.10 Å². The fourth-order valence-corrected chi connectivity index (χ4v) is 2.66. The Labute approximate surface area is 149 Å². The number of hydrogen-bond acceptors (Lipinski definition) is 3. The molecule has 4 nitrogen and oxygen atoms in total. The summed E-state index contributed by atoms with van der Waals surface area (Å²) in [4.78, 5) is 23.4. The molecule has 0 bridgehead atoms. The van der Waals surface area contributed by atoms with Crippen LogP contribution in [-0.4, -0.2) is 24.0 Å². The van der Waals surface area contributed by atoms with Crippen LogP contribution < -0.4 is 5.32 Å². The van der Waals surface area contributed by atoms with Crippen LogP contribution in [0.25, 0.3) is 0 Å². The average Bonchev–Trinajstić information content (AvgIpc) is 2.51. The van der Waals surface area contributed by atoms with Gasteiger partial charge in [-0.15, -0.1) is 0 Å². The zero-order valence-electron chi connectivity index (χ0n) is 16.4. The smallest absolute Gasteiger partial charge is 0.328 e. The van der Waals surface area contributed by atoms with Crippen LogP contribution in [-0.2, 0) is 14.3 Å². The van der Waals surface area contributed by atoms with Gasteiger partial charge >= 0.3 is 5.97 Å². The summed E-state index contributed by atoms with van der Waals surface area (Å²) in [5, 5.41) is 2.71. The third-order valence-electron chi connectivity index (χ3n) is 4.09. The van der Waals surface area contributed by atoms with Crippen molar-refractivity contribution in [3.8, 4) is 0 Å². The van der Waals surface area contributed by atoms with Crippen LogP contribution in [0.15, 0.2) is 0 Å². The normalized spacial score (nSPS) is 12.2. The Morgan fingerprint density at radius 1 is 0.792 bits per heavy atom. The Hall–Kier alpha value is -1.06. The van der Waals surface area contributed by atoms with Crippen LogP contribution in [0.3, 0.4) is 0 Å². The Morgan fingerprint density at radius 2 is 1.25 bits per heavy atom. The molecule has 0 aromatic carbocycles. The average molecular weight is 342 g/mol. The number of nitrogens with one attached hydrogen (secondary N) is 1. The summed E-state index contributed by atoms with van der Waals surface area (Å²) in [6, 6.07) is -0.562. The molecule has 0 saturated carbocycles. The zero-order chi connectivity index (χ0) is 18.2. The van der Waals surface area contributed by atoms with Crippen molar-refractivity contribution < 1.29 is 14.3 Å². The summed E-state index contributed by atoms with van der Waals surface area (Å²) in [6.07, 6.45) is 14.3. The maximum Gasteiger partial charge on any atom is 0.328 e. The molecule has 1 N–H and O–H groups in total. The van der Waals surface area contributed by atoms with Crippen LogP contribution in [0.5, 0.6) is 0 Å². The monoisotopic (exact) mass is 341 g/mol. The van der Waals surface area contributed by atoms with E-state index in [4.69, 9.17) is 4.74 Å². The van der Waals surface area contributed by atoms with E-state index in [1.807, 2.05) is 0 Å². The minimum Gasteiger partial charge on any atom is -0.461 e. The number of carbonyl (C=O) groups is 2. The van der Waals surface area contributed by atoms with E-state index in [1.165, 1.54) is 57.8 Å². The zero-order valence-corrected chi connectivity index (χ0v) is 16.4. The molecule has 0 unspecified atom stereocenters. The summed E-state index contributed by atoms with van der Waals surface area (Å²) in [7, 11) is 0. The fourth-order valence-electron chi connectivity index (χ4n) is 2.66. The first kappa shape index (κ1) is 22.9. The second-order valence-corrected chi connectivity index (χ2v) is 7.06. The van der Waals surface area contributed by atoms with Gasteiger partial charge in [-0.2, -0.15) is 0 Å². The minimum atomic E-state index is -0.562. The number of hydrogen-bond donors (Lipinski definition) is 1. The highest BCUT2D eigenvalue weighted by atomic mass is 16.5. The number of amides is 1. The number of carbonyl (C=O) groups excluding carboxylic acids is 2. The SMILES string of the molecule is CCCCCCCCCCCCCC(=O)N[C@@H](C)C(=O)OC(C)C. The van der Waals surface area contributed by atoms with Crippen molar-refractivity contribution in [1.29, 1.82) is 0 Å². The van der Waals surface area contributed by atoms with Gasteiger partial charge in [0.15, 0.2) is 0 Å². The van der Waals surface area contributed by atoms with Crippen LogP contribution >= 0.6 is 0 Å². The van der Waals surface area contributed by atoms with E-state index < -0.39 is 6.04 Å². The summed E-state index contributed by atoms with van der Waals surface area (Å²) in [5.74, 6) is -0.420. The van der Waals surface area contributed by atoms with Gasteiger partial charge in [-0.25, -0.2) is 4.79 Å². The summed E-state index contributed by atoms with van der Waals surface area (Å²) in [5.41, 5.74) is 0. The maximum absolute atomic E-state index is 11.8. The van der Waals surface area contributed by atoms with E-state index in [1.54, 1.807) is 20.8 Å². The Bertz CT molecular complexity index is 329. The van der Waals surface area contributed by atoms with Crippen molar-refractivity contribution in [3.63, 3.8) is 0 Å². The van der Waals surface area contributed by atoms with Gasteiger partial charge in [-0.1, -0.05) is 71.1 Å². The molecule has 0 rings (SSSR count). The lowest BCUT2D eigenvalue weighted by molar-refractivity contribution is -0.150. The molecule has 4 heteroatoms. The highest BCUT2D eigenvalue weighted by Crippen LogP contribution is 2.11. The molecule has 0 aliphatic heterocycles. The van der Waals surface area contributed by atoms with Crippen LogP contribution in [0.2, 0.25) is 0 Å². The fraction of sp³-hybridized carbons (Fsp3) is 0.900. The molecule has 0 aromatic rings. The molecule has 0 radical (unpaired) electrons. The molecule has 0 aliphatic carbocycles. The van der Waals surface area contributed by atoms with Crippen LogP contribution in [0.1, 0.15) is 105 Å². The topological polar surface area (TPSA) is 55.4 Å². The molecule has 0 heterocycles. The highest BCUT2D eigenvalue weighted by molar-refractivity contribution is 5.84. The number of ether oxygens (including phenoxy) is 1. The van der Waals surface area contributed by atoms with E-state index in [0.29, 0.717) is 6.42 Å². The van der Waals surface area contributed by atoms with Gasteiger partial charge < -0.3 is 10.1 Å². The maximum atomic E-state index is 11.8. The second kappa shape index (κ2) is 15.5. The van der Waals surface area contributed by atoms with Crippen molar-refractivity contribution in [1.82, 2.24) is 5.32 Å². The molecule has 0 aliphatic rings. The molecule has 0 saturated heterocycles. The first-order valence-electron chi connectivity index (χ1n) is 9.97. The van der Waals surface area contributed by atoms with E-state index in [0.717, 1.165) is 12.8 Å². The van der Waals surface area contributed by atoms with Crippen molar-refractivity contribution >= 4 is 11.9 Å². The van der Waals surface area contributed by atoms with Gasteiger partial charge in [0.25, 0.3) is 0 Å². The van der Waals surface area contributed by atoms with E-state index >= 15 is 0 Å². The Morgan fingerprint density at radius 3 is 1.71 bits per heavy atom. The van der Waals surface area contributed by atoms with E-state index in [-0.39, 0.29) is 18.0 Å². The quantitative estimate of drug-likeness (QED) is 0.331. The van der Waals surface area contributed by atoms with Crippen molar-refractivity contribution in [2.24, 2.45) is 0 Å². The Kier molecular flexibility index (Phi) is 14.8. The minimum absolute atomic E-state index is 0.0564. The van der Waals surface area contributed by atoms with Gasteiger partial charge in [0.1, 0.15) is 6.04 Å². The summed E-state index contributed by atoms with van der Waals surface area (Å²) < 4.78 is 5.07. The third-order valence-corrected chi connectivity index (χ3v) is 4.09. The molecular weight excluding hydrogens is 302 g/mol. The standard InChI is InChI=1S/C20H39NO3/c1-5-6-7-8-9-10-11-12-13-14-15-16-19(22)21-18(4)20(23)24-17(2)3/h17-18H,5-16H2,1-4H3,(H,21,22)/t18-/m0/s1. The van der Waals surface area contributed by atoms with Gasteiger partial charge in [0.2, 0.25) is 5.91 Å². The molecule has 0 fully saturated rings. The molecule has 142 valence electrons. The second-order valence-electron chi connectivity index (χ2n) is 7.06. The third kappa shape index (κ3) is 14.5. The molecule has 1 amide bonds. The largest absolute Gasteiger partial charge is 0.461 e. The lowest BCUT2D eigenvalue weighted by Gasteiger charge is -2.15. The molecule has 24 heavy (non-hydrogen) atoms. The van der Waals surface area contributed by atoms with Crippen LogP contribution in [0, 0.1) is 0 Å². The van der Waals surface area contributed by atoms with Crippen LogP contribution in [0.4, 0.5) is 0 Å². The number of rotatable bonds is 15. The molecule has 1 atom stereocenters. The van der Waals surface area contributed by atoms with Gasteiger partial charge in [-0.3, -0.25) is 4.79 Å². The predicted molar refractivity (Wildman–Crippen MR) is 99.9 cm³/mol. The lowest BCUT2D eigenvalue weighted by Crippen LogP contribution is -2.40. The van der Waals surface area contributed by atoms with Crippen molar-refractivity contribution in [3.05, 3.63) is 0 Å². The lowest BCUT2D eigenvalue weighted by atomic mass is 10.1. The summed E-state index contributed by atoms with van der Waals surface area (Å²) >= 11 is 0. The van der Waals surface area contributed by atoms with Crippen molar-refractivity contribution in [2.45, 2.75) is 117 Å².